The predicted molar refractivity (Wildman–Crippen MR) is 68.9 cm³/mol. The molecule has 0 aromatic heterocycles. The molecule has 2 rings (SSSR count). The van der Waals surface area contributed by atoms with Crippen molar-refractivity contribution in [2.75, 3.05) is 13.2 Å². The van der Waals surface area contributed by atoms with Crippen molar-refractivity contribution in [2.45, 2.75) is 51.1 Å². The molecule has 6 heteroatoms. The molecule has 1 saturated heterocycles. The Kier molecular flexibility index (Phi) is 3.71. The van der Waals surface area contributed by atoms with Gasteiger partial charge < -0.3 is 20.5 Å². The van der Waals surface area contributed by atoms with Crippen molar-refractivity contribution in [3.63, 3.8) is 0 Å². The van der Waals surface area contributed by atoms with Gasteiger partial charge in [-0.25, -0.2) is 4.79 Å². The molecule has 2 amide bonds. The summed E-state index contributed by atoms with van der Waals surface area (Å²) in [7, 11) is 0. The monoisotopic (exact) mass is 270 g/mol. The molecule has 19 heavy (non-hydrogen) atoms. The standard InChI is InChI=1S/C13H22N2O4/c1-12(6-7-19-8-12)15-11(18)14-9-4-3-5-13(9,2)10(16)17/h9H,3-8H2,1-2H3,(H,16,17)(H2,14,15,18). The zero-order valence-corrected chi connectivity index (χ0v) is 11.5. The molecule has 1 aliphatic carbocycles. The lowest BCUT2D eigenvalue weighted by Gasteiger charge is -2.30. The average Bonchev–Trinajstić information content (AvgIpc) is 2.87. The molecule has 108 valence electrons. The first-order valence-corrected chi connectivity index (χ1v) is 6.76. The highest BCUT2D eigenvalue weighted by Crippen LogP contribution is 2.38. The minimum atomic E-state index is -0.857. The number of aliphatic carboxylic acids is 1. The van der Waals surface area contributed by atoms with Crippen molar-refractivity contribution in [1.82, 2.24) is 10.6 Å². The summed E-state index contributed by atoms with van der Waals surface area (Å²) < 4.78 is 5.27. The van der Waals surface area contributed by atoms with E-state index in [1.54, 1.807) is 6.92 Å². The first-order chi connectivity index (χ1) is 8.86. The molecule has 2 aliphatic rings. The molecule has 0 radical (unpaired) electrons. The van der Waals surface area contributed by atoms with Crippen LogP contribution in [0.5, 0.6) is 0 Å². The quantitative estimate of drug-likeness (QED) is 0.717. The molecule has 1 saturated carbocycles. The predicted octanol–water partition coefficient (Wildman–Crippen LogP) is 1.11. The normalized spacial score (nSPS) is 38.1. The summed E-state index contributed by atoms with van der Waals surface area (Å²) in [6, 6.07) is -0.608. The fourth-order valence-corrected chi connectivity index (χ4v) is 2.89. The summed E-state index contributed by atoms with van der Waals surface area (Å²) in [6.45, 7) is 4.78. The molecular formula is C13H22N2O4. The van der Waals surface area contributed by atoms with E-state index >= 15 is 0 Å². The van der Waals surface area contributed by atoms with Crippen LogP contribution in [0.4, 0.5) is 4.79 Å². The molecule has 0 spiro atoms. The van der Waals surface area contributed by atoms with Crippen LogP contribution < -0.4 is 10.6 Å². The van der Waals surface area contributed by atoms with Gasteiger partial charge in [0.1, 0.15) is 0 Å². The number of rotatable bonds is 3. The number of ether oxygens (including phenoxy) is 1. The third kappa shape index (κ3) is 2.83. The number of urea groups is 1. The van der Waals surface area contributed by atoms with Crippen molar-refractivity contribution in [1.29, 1.82) is 0 Å². The lowest BCUT2D eigenvalue weighted by Crippen LogP contribution is -2.55. The Bertz CT molecular complexity index is 379. The zero-order valence-electron chi connectivity index (χ0n) is 11.5. The summed E-state index contributed by atoms with van der Waals surface area (Å²) in [5.41, 5.74) is -1.20. The van der Waals surface area contributed by atoms with Gasteiger partial charge in [-0.15, -0.1) is 0 Å². The number of hydrogen-bond donors (Lipinski definition) is 3. The zero-order chi connectivity index (χ0) is 14.1. The molecule has 3 N–H and O–H groups in total. The topological polar surface area (TPSA) is 87.7 Å². The summed E-state index contributed by atoms with van der Waals surface area (Å²) in [5, 5.41) is 15.0. The van der Waals surface area contributed by atoms with Crippen molar-refractivity contribution < 1.29 is 19.4 Å². The molecule has 1 aliphatic heterocycles. The number of carbonyl (C=O) groups is 2. The summed E-state index contributed by atoms with van der Waals surface area (Å²) in [4.78, 5) is 23.3. The second-order valence-corrected chi connectivity index (χ2v) is 6.13. The van der Waals surface area contributed by atoms with E-state index in [0.29, 0.717) is 26.1 Å². The Morgan fingerprint density at radius 1 is 1.32 bits per heavy atom. The van der Waals surface area contributed by atoms with Crippen LogP contribution >= 0.6 is 0 Å². The number of amides is 2. The third-order valence-corrected chi connectivity index (χ3v) is 4.39. The van der Waals surface area contributed by atoms with Crippen LogP contribution in [-0.4, -0.2) is 41.9 Å². The van der Waals surface area contributed by atoms with E-state index in [1.807, 2.05) is 6.92 Å². The van der Waals surface area contributed by atoms with Gasteiger partial charge >= 0.3 is 12.0 Å². The van der Waals surface area contributed by atoms with Gasteiger partial charge in [-0.1, -0.05) is 6.42 Å². The van der Waals surface area contributed by atoms with Crippen LogP contribution in [0, 0.1) is 5.41 Å². The molecular weight excluding hydrogens is 248 g/mol. The molecule has 0 aromatic rings. The van der Waals surface area contributed by atoms with Gasteiger partial charge in [0.25, 0.3) is 0 Å². The van der Waals surface area contributed by atoms with Crippen LogP contribution in [0.3, 0.4) is 0 Å². The fraction of sp³-hybridized carbons (Fsp3) is 0.846. The van der Waals surface area contributed by atoms with Crippen LogP contribution in [0.15, 0.2) is 0 Å². The highest BCUT2D eigenvalue weighted by Gasteiger charge is 2.46. The molecule has 3 unspecified atom stereocenters. The van der Waals surface area contributed by atoms with E-state index < -0.39 is 11.4 Å². The van der Waals surface area contributed by atoms with E-state index in [0.717, 1.165) is 12.8 Å². The largest absolute Gasteiger partial charge is 0.481 e. The van der Waals surface area contributed by atoms with Gasteiger partial charge in [0.05, 0.1) is 17.6 Å². The molecule has 3 atom stereocenters. The Balaban J connectivity index is 1.93. The maximum absolute atomic E-state index is 12.0. The second-order valence-electron chi connectivity index (χ2n) is 6.13. The highest BCUT2D eigenvalue weighted by atomic mass is 16.5. The van der Waals surface area contributed by atoms with Gasteiger partial charge in [-0.2, -0.15) is 0 Å². The molecule has 6 nitrogen and oxygen atoms in total. The van der Waals surface area contributed by atoms with Crippen molar-refractivity contribution >= 4 is 12.0 Å². The Morgan fingerprint density at radius 3 is 2.63 bits per heavy atom. The minimum Gasteiger partial charge on any atom is -0.481 e. The first-order valence-electron chi connectivity index (χ1n) is 6.76. The van der Waals surface area contributed by atoms with Crippen LogP contribution in [-0.2, 0) is 9.53 Å². The lowest BCUT2D eigenvalue weighted by molar-refractivity contribution is -0.148. The Labute approximate surface area is 112 Å². The number of carboxylic acid groups (broad SMARTS) is 1. The van der Waals surface area contributed by atoms with Crippen LogP contribution in [0.25, 0.3) is 0 Å². The molecule has 0 aromatic carbocycles. The van der Waals surface area contributed by atoms with E-state index in [-0.39, 0.29) is 17.6 Å². The summed E-state index contributed by atoms with van der Waals surface area (Å²) in [5.74, 6) is -0.842. The Morgan fingerprint density at radius 2 is 2.05 bits per heavy atom. The van der Waals surface area contributed by atoms with Gasteiger partial charge in [0, 0.05) is 12.6 Å². The maximum Gasteiger partial charge on any atom is 0.315 e. The average molecular weight is 270 g/mol. The van der Waals surface area contributed by atoms with E-state index in [4.69, 9.17) is 4.74 Å². The van der Waals surface area contributed by atoms with Crippen LogP contribution in [0.2, 0.25) is 0 Å². The summed E-state index contributed by atoms with van der Waals surface area (Å²) >= 11 is 0. The van der Waals surface area contributed by atoms with E-state index in [9.17, 15) is 14.7 Å². The summed E-state index contributed by atoms with van der Waals surface area (Å²) in [6.07, 6.45) is 2.92. The van der Waals surface area contributed by atoms with Crippen molar-refractivity contribution in [3.05, 3.63) is 0 Å². The van der Waals surface area contributed by atoms with Crippen molar-refractivity contribution in [2.24, 2.45) is 5.41 Å². The van der Waals surface area contributed by atoms with Gasteiger partial charge in [-0.3, -0.25) is 4.79 Å². The van der Waals surface area contributed by atoms with Gasteiger partial charge in [-0.05, 0) is 33.1 Å². The third-order valence-electron chi connectivity index (χ3n) is 4.39. The molecule has 1 heterocycles. The fourth-order valence-electron chi connectivity index (χ4n) is 2.89. The van der Waals surface area contributed by atoms with Gasteiger partial charge in [0.2, 0.25) is 0 Å². The number of hydrogen-bond acceptors (Lipinski definition) is 3. The van der Waals surface area contributed by atoms with E-state index in [2.05, 4.69) is 10.6 Å². The first kappa shape index (κ1) is 14.1. The minimum absolute atomic E-state index is 0.299. The highest BCUT2D eigenvalue weighted by molar-refractivity contribution is 5.79. The van der Waals surface area contributed by atoms with E-state index in [1.165, 1.54) is 0 Å². The Hall–Kier alpha value is -1.30. The molecule has 2 fully saturated rings. The number of carbonyl (C=O) groups excluding carboxylic acids is 1. The van der Waals surface area contributed by atoms with Crippen LogP contribution in [0.1, 0.15) is 39.5 Å². The van der Waals surface area contributed by atoms with Crippen molar-refractivity contribution in [3.8, 4) is 0 Å². The maximum atomic E-state index is 12.0. The number of carboxylic acids is 1. The lowest BCUT2D eigenvalue weighted by atomic mass is 9.85. The second kappa shape index (κ2) is 5.00. The number of nitrogens with one attached hydrogen (secondary N) is 2. The van der Waals surface area contributed by atoms with Gasteiger partial charge in [0.15, 0.2) is 0 Å². The SMILES string of the molecule is CC1(NC(=O)NC2CCCC2(C)C(=O)O)CCOC1. The molecule has 0 bridgehead atoms. The smallest absolute Gasteiger partial charge is 0.315 e.